The van der Waals surface area contributed by atoms with Gasteiger partial charge >= 0.3 is 5.97 Å². The highest BCUT2D eigenvalue weighted by Gasteiger charge is 2.32. The molecule has 1 heterocycles. The minimum Gasteiger partial charge on any atom is -0.463 e. The fourth-order valence-corrected chi connectivity index (χ4v) is 3.51. The summed E-state index contributed by atoms with van der Waals surface area (Å²) in [5.74, 6) is -1.14. The predicted molar refractivity (Wildman–Crippen MR) is 117 cm³/mol. The van der Waals surface area contributed by atoms with Gasteiger partial charge in [0.2, 0.25) is 11.8 Å². The highest BCUT2D eigenvalue weighted by molar-refractivity contribution is 5.86. The SMILES string of the molecule is C=CCCCC(=O)OC[C@@H](NC(=O)[C@@H](CC=C)CC(=O)N1CCC[C@H]1CO)C(C)C. The van der Waals surface area contributed by atoms with Gasteiger partial charge in [-0.3, -0.25) is 14.4 Å². The van der Waals surface area contributed by atoms with E-state index in [1.807, 2.05) is 13.8 Å². The van der Waals surface area contributed by atoms with Crippen LogP contribution in [0, 0.1) is 11.8 Å². The number of nitrogens with zero attached hydrogens (tertiary/aromatic N) is 1. The summed E-state index contributed by atoms with van der Waals surface area (Å²) in [6.45, 7) is 11.9. The van der Waals surface area contributed by atoms with Gasteiger partial charge in [-0.2, -0.15) is 0 Å². The van der Waals surface area contributed by atoms with E-state index in [4.69, 9.17) is 4.74 Å². The summed E-state index contributed by atoms with van der Waals surface area (Å²) in [6.07, 6.45) is 7.26. The third-order valence-corrected chi connectivity index (χ3v) is 5.50. The summed E-state index contributed by atoms with van der Waals surface area (Å²) in [7, 11) is 0. The molecular formula is C23H38N2O5. The number of esters is 1. The average Bonchev–Trinajstić information content (AvgIpc) is 3.19. The molecule has 7 nitrogen and oxygen atoms in total. The van der Waals surface area contributed by atoms with Crippen LogP contribution in [-0.2, 0) is 19.1 Å². The maximum absolute atomic E-state index is 12.9. The summed E-state index contributed by atoms with van der Waals surface area (Å²) >= 11 is 0. The van der Waals surface area contributed by atoms with Gasteiger partial charge in [0.15, 0.2) is 0 Å². The number of carbonyl (C=O) groups excluding carboxylic acids is 3. The van der Waals surface area contributed by atoms with Crippen LogP contribution in [0.2, 0.25) is 0 Å². The van der Waals surface area contributed by atoms with Crippen molar-refractivity contribution in [3.63, 3.8) is 0 Å². The van der Waals surface area contributed by atoms with E-state index in [-0.39, 0.29) is 55.4 Å². The summed E-state index contributed by atoms with van der Waals surface area (Å²) in [4.78, 5) is 39.1. The number of aliphatic hydroxyl groups excluding tert-OH is 1. The largest absolute Gasteiger partial charge is 0.463 e. The zero-order valence-corrected chi connectivity index (χ0v) is 18.5. The lowest BCUT2D eigenvalue weighted by atomic mass is 9.97. The maximum atomic E-state index is 12.9. The third kappa shape index (κ3) is 8.69. The van der Waals surface area contributed by atoms with E-state index < -0.39 is 5.92 Å². The van der Waals surface area contributed by atoms with E-state index in [1.54, 1.807) is 17.1 Å². The Labute approximate surface area is 180 Å². The van der Waals surface area contributed by atoms with E-state index in [2.05, 4.69) is 18.5 Å². The average molecular weight is 423 g/mol. The number of ether oxygens (including phenoxy) is 1. The molecule has 0 aromatic heterocycles. The fourth-order valence-electron chi connectivity index (χ4n) is 3.51. The molecule has 170 valence electrons. The van der Waals surface area contributed by atoms with Gasteiger partial charge in [0.1, 0.15) is 6.61 Å². The molecule has 2 N–H and O–H groups in total. The van der Waals surface area contributed by atoms with Crippen LogP contribution in [0.5, 0.6) is 0 Å². The molecule has 1 rings (SSSR count). The third-order valence-electron chi connectivity index (χ3n) is 5.50. The van der Waals surface area contributed by atoms with Crippen molar-refractivity contribution in [3.05, 3.63) is 25.3 Å². The number of carbonyl (C=O) groups is 3. The molecule has 30 heavy (non-hydrogen) atoms. The van der Waals surface area contributed by atoms with Crippen LogP contribution >= 0.6 is 0 Å². The van der Waals surface area contributed by atoms with Crippen LogP contribution < -0.4 is 5.32 Å². The number of allylic oxidation sites excluding steroid dienone is 2. The molecule has 0 radical (unpaired) electrons. The smallest absolute Gasteiger partial charge is 0.305 e. The maximum Gasteiger partial charge on any atom is 0.305 e. The van der Waals surface area contributed by atoms with Gasteiger partial charge in [0.05, 0.1) is 24.6 Å². The van der Waals surface area contributed by atoms with Crippen molar-refractivity contribution in [1.29, 1.82) is 0 Å². The fraction of sp³-hybridized carbons (Fsp3) is 0.696. The molecule has 0 unspecified atom stereocenters. The molecule has 0 saturated carbocycles. The Balaban J connectivity index is 2.64. The zero-order chi connectivity index (χ0) is 22.5. The summed E-state index contributed by atoms with van der Waals surface area (Å²) < 4.78 is 5.33. The number of aliphatic hydroxyl groups is 1. The van der Waals surface area contributed by atoms with Gasteiger partial charge < -0.3 is 20.1 Å². The lowest BCUT2D eigenvalue weighted by Crippen LogP contribution is -2.46. The first-order chi connectivity index (χ1) is 14.3. The number of nitrogens with one attached hydrogen (secondary N) is 1. The van der Waals surface area contributed by atoms with Crippen LogP contribution in [0.1, 0.15) is 58.8 Å². The van der Waals surface area contributed by atoms with Gasteiger partial charge in [-0.1, -0.05) is 26.0 Å². The first-order valence-electron chi connectivity index (χ1n) is 10.9. The van der Waals surface area contributed by atoms with Crippen LogP contribution in [0.3, 0.4) is 0 Å². The van der Waals surface area contributed by atoms with Crippen LogP contribution in [0.25, 0.3) is 0 Å². The molecule has 3 atom stereocenters. The topological polar surface area (TPSA) is 95.9 Å². The zero-order valence-electron chi connectivity index (χ0n) is 18.5. The van der Waals surface area contributed by atoms with E-state index in [9.17, 15) is 19.5 Å². The summed E-state index contributed by atoms with van der Waals surface area (Å²) in [6, 6.07) is -0.492. The van der Waals surface area contributed by atoms with Crippen molar-refractivity contribution in [3.8, 4) is 0 Å². The molecular weight excluding hydrogens is 384 g/mol. The van der Waals surface area contributed by atoms with E-state index >= 15 is 0 Å². The standard InChI is InChI=1S/C23H38N2O5/c1-5-7-8-12-22(28)30-16-20(17(3)4)24-23(29)18(10-6-2)14-21(27)25-13-9-11-19(25)15-26/h5-6,17-20,26H,1-2,7-16H2,3-4H3,(H,24,29)/t18-,19-,20+/m0/s1. The number of rotatable bonds is 14. The summed E-state index contributed by atoms with van der Waals surface area (Å²) in [5, 5.41) is 12.4. The molecule has 7 heteroatoms. The van der Waals surface area contributed by atoms with E-state index in [0.29, 0.717) is 25.8 Å². The van der Waals surface area contributed by atoms with Crippen molar-refractivity contribution >= 4 is 17.8 Å². The Kier molecular flexibility index (Phi) is 12.0. The highest BCUT2D eigenvalue weighted by Crippen LogP contribution is 2.21. The molecule has 0 aliphatic carbocycles. The molecule has 1 fully saturated rings. The predicted octanol–water partition coefficient (Wildman–Crippen LogP) is 2.59. The Bertz CT molecular complexity index is 590. The first kappa shape index (κ1) is 25.9. The summed E-state index contributed by atoms with van der Waals surface area (Å²) in [5.41, 5.74) is 0. The van der Waals surface area contributed by atoms with Crippen molar-refractivity contribution in [1.82, 2.24) is 10.2 Å². The van der Waals surface area contributed by atoms with Gasteiger partial charge in [0, 0.05) is 19.4 Å². The lowest BCUT2D eigenvalue weighted by molar-refractivity contribution is -0.145. The Morgan fingerprint density at radius 2 is 2.00 bits per heavy atom. The number of hydrogen-bond donors (Lipinski definition) is 2. The molecule has 2 amide bonds. The van der Waals surface area contributed by atoms with Crippen LogP contribution in [0.4, 0.5) is 0 Å². The van der Waals surface area contributed by atoms with Crippen molar-refractivity contribution in [2.45, 2.75) is 70.9 Å². The number of likely N-dealkylation sites (tertiary alicyclic amines) is 1. The molecule has 1 aliphatic rings. The Morgan fingerprint density at radius 3 is 2.60 bits per heavy atom. The number of hydrogen-bond acceptors (Lipinski definition) is 5. The minimum absolute atomic E-state index is 0.0579. The van der Waals surface area contributed by atoms with E-state index in [0.717, 1.165) is 19.3 Å². The Morgan fingerprint density at radius 1 is 1.27 bits per heavy atom. The normalized spacial score (nSPS) is 18.0. The second-order valence-corrected chi connectivity index (χ2v) is 8.21. The van der Waals surface area contributed by atoms with Crippen LogP contribution in [-0.4, -0.2) is 59.6 Å². The monoisotopic (exact) mass is 422 g/mol. The second kappa shape index (κ2) is 14.0. The Hall–Kier alpha value is -2.15. The van der Waals surface area contributed by atoms with Crippen molar-refractivity contribution in [2.24, 2.45) is 11.8 Å². The van der Waals surface area contributed by atoms with Gasteiger partial charge in [-0.05, 0) is 38.0 Å². The number of amides is 2. The molecule has 0 bridgehead atoms. The number of unbranched alkanes of at least 4 members (excludes halogenated alkanes) is 1. The second-order valence-electron chi connectivity index (χ2n) is 8.21. The quantitative estimate of drug-likeness (QED) is 0.255. The highest BCUT2D eigenvalue weighted by atomic mass is 16.5. The molecule has 0 spiro atoms. The first-order valence-corrected chi connectivity index (χ1v) is 10.9. The molecule has 1 saturated heterocycles. The lowest BCUT2D eigenvalue weighted by Gasteiger charge is -2.27. The van der Waals surface area contributed by atoms with Gasteiger partial charge in [-0.15, -0.1) is 13.2 Å². The van der Waals surface area contributed by atoms with Gasteiger partial charge in [-0.25, -0.2) is 0 Å². The van der Waals surface area contributed by atoms with Crippen molar-refractivity contribution in [2.75, 3.05) is 19.8 Å². The molecule has 0 aromatic carbocycles. The van der Waals surface area contributed by atoms with Crippen molar-refractivity contribution < 1.29 is 24.2 Å². The molecule has 0 aromatic rings. The van der Waals surface area contributed by atoms with E-state index in [1.165, 1.54) is 0 Å². The van der Waals surface area contributed by atoms with Gasteiger partial charge in [0.25, 0.3) is 0 Å². The minimum atomic E-state index is -0.542. The molecule has 1 aliphatic heterocycles. The van der Waals surface area contributed by atoms with Crippen LogP contribution in [0.15, 0.2) is 25.3 Å².